The highest BCUT2D eigenvalue weighted by Gasteiger charge is 2.26. The first-order chi connectivity index (χ1) is 18.2. The molecule has 6 nitrogen and oxygen atoms in total. The second kappa shape index (κ2) is 10.8. The number of nitrogens with zero attached hydrogens (tertiary/aromatic N) is 5. The van der Waals surface area contributed by atoms with E-state index in [9.17, 15) is 8.78 Å². The Morgan fingerprint density at radius 2 is 1.61 bits per heavy atom. The molecule has 202 valence electrons. The van der Waals surface area contributed by atoms with Gasteiger partial charge in [0.2, 0.25) is 0 Å². The third kappa shape index (κ3) is 5.29. The number of benzene rings is 2. The molecule has 9 heteroatoms. The number of rotatable bonds is 6. The first kappa shape index (κ1) is 26.3. The van der Waals surface area contributed by atoms with Gasteiger partial charge in [0.25, 0.3) is 0 Å². The van der Waals surface area contributed by atoms with Gasteiger partial charge in [-0.1, -0.05) is 6.07 Å². The van der Waals surface area contributed by atoms with Crippen molar-refractivity contribution in [3.63, 3.8) is 0 Å². The zero-order valence-electron chi connectivity index (χ0n) is 22.3. The number of fused-ring (bicyclic) bond motifs is 1. The van der Waals surface area contributed by atoms with Crippen molar-refractivity contribution in [2.24, 2.45) is 0 Å². The predicted octanol–water partition coefficient (Wildman–Crippen LogP) is 5.29. The Morgan fingerprint density at radius 3 is 2.29 bits per heavy atom. The van der Waals surface area contributed by atoms with Gasteiger partial charge in [0, 0.05) is 50.2 Å². The Labute approximate surface area is 222 Å². The van der Waals surface area contributed by atoms with Crippen LogP contribution in [-0.4, -0.2) is 66.3 Å². The van der Waals surface area contributed by atoms with Crippen LogP contribution in [0.3, 0.4) is 0 Å². The second-order valence-corrected chi connectivity index (χ2v) is 10.5. The standard InChI is InChI=1S/C29H34F3N5O/c1-18(2)35-7-9-36(10-8-35)25-6-5-20(13-22(25)30)14-27-33-17-24(32)28(34-27)21-15-23(31)29-26(16-21)37(19(3)4)11-12-38-29/h5-6,13,15-19H,7-12,14H2,1-4H3. The number of hydrogen-bond donors (Lipinski definition) is 0. The van der Waals surface area contributed by atoms with Gasteiger partial charge in [-0.3, -0.25) is 4.90 Å². The smallest absolute Gasteiger partial charge is 0.178 e. The normalized spacial score (nSPS) is 16.2. The Hall–Kier alpha value is -3.33. The second-order valence-electron chi connectivity index (χ2n) is 10.5. The van der Waals surface area contributed by atoms with E-state index < -0.39 is 11.6 Å². The summed E-state index contributed by atoms with van der Waals surface area (Å²) in [6, 6.07) is 8.69. The first-order valence-corrected chi connectivity index (χ1v) is 13.2. The topological polar surface area (TPSA) is 44.7 Å². The maximum absolute atomic E-state index is 15.1. The summed E-state index contributed by atoms with van der Waals surface area (Å²) in [5.41, 5.74) is 2.15. The first-order valence-electron chi connectivity index (χ1n) is 13.2. The summed E-state index contributed by atoms with van der Waals surface area (Å²) >= 11 is 0. The Bertz CT molecular complexity index is 1310. The molecule has 0 bridgehead atoms. The lowest BCUT2D eigenvalue weighted by molar-refractivity contribution is 0.209. The molecule has 38 heavy (non-hydrogen) atoms. The van der Waals surface area contributed by atoms with Crippen molar-refractivity contribution < 1.29 is 17.9 Å². The van der Waals surface area contributed by atoms with Crippen LogP contribution in [0, 0.1) is 17.5 Å². The van der Waals surface area contributed by atoms with E-state index in [1.807, 2.05) is 24.8 Å². The average Bonchev–Trinajstić information content (AvgIpc) is 2.89. The van der Waals surface area contributed by atoms with Crippen molar-refractivity contribution in [2.75, 3.05) is 49.1 Å². The quantitative estimate of drug-likeness (QED) is 0.436. The van der Waals surface area contributed by atoms with Gasteiger partial charge in [-0.25, -0.2) is 23.1 Å². The maximum Gasteiger partial charge on any atom is 0.178 e. The third-order valence-corrected chi connectivity index (χ3v) is 7.36. The minimum atomic E-state index is -0.650. The molecular formula is C29H34F3N5O. The molecule has 0 saturated carbocycles. The molecule has 0 atom stereocenters. The van der Waals surface area contributed by atoms with E-state index in [1.54, 1.807) is 12.1 Å². The molecule has 2 aromatic carbocycles. The zero-order chi connectivity index (χ0) is 27.0. The van der Waals surface area contributed by atoms with Gasteiger partial charge >= 0.3 is 0 Å². The lowest BCUT2D eigenvalue weighted by Gasteiger charge is -2.38. The molecule has 0 aliphatic carbocycles. The third-order valence-electron chi connectivity index (χ3n) is 7.36. The zero-order valence-corrected chi connectivity index (χ0v) is 22.3. The molecule has 2 aliphatic rings. The van der Waals surface area contributed by atoms with E-state index in [0.717, 1.165) is 32.4 Å². The van der Waals surface area contributed by atoms with Crippen molar-refractivity contribution >= 4 is 11.4 Å². The van der Waals surface area contributed by atoms with Gasteiger partial charge in [0.1, 0.15) is 23.9 Å². The SMILES string of the molecule is CC(C)N1CCN(c2ccc(Cc3ncc(F)c(-c4cc(F)c5c(c4)N(C(C)C)CCO5)n3)cc2F)CC1. The van der Waals surface area contributed by atoms with E-state index in [1.165, 1.54) is 12.1 Å². The van der Waals surface area contributed by atoms with Crippen LogP contribution in [0.1, 0.15) is 39.1 Å². The van der Waals surface area contributed by atoms with Crippen molar-refractivity contribution in [1.82, 2.24) is 14.9 Å². The number of anilines is 2. The van der Waals surface area contributed by atoms with Crippen molar-refractivity contribution in [3.8, 4) is 17.0 Å². The minimum absolute atomic E-state index is 0.00564. The lowest BCUT2D eigenvalue weighted by Crippen LogP contribution is -2.49. The van der Waals surface area contributed by atoms with E-state index >= 15 is 4.39 Å². The van der Waals surface area contributed by atoms with E-state index in [-0.39, 0.29) is 29.7 Å². The molecule has 3 heterocycles. The van der Waals surface area contributed by atoms with Crippen LogP contribution in [-0.2, 0) is 6.42 Å². The molecule has 0 spiro atoms. The highest BCUT2D eigenvalue weighted by atomic mass is 19.1. The summed E-state index contributed by atoms with van der Waals surface area (Å²) in [7, 11) is 0. The molecule has 1 fully saturated rings. The summed E-state index contributed by atoms with van der Waals surface area (Å²) < 4.78 is 50.5. The van der Waals surface area contributed by atoms with Gasteiger partial charge in [-0.2, -0.15) is 0 Å². The number of ether oxygens (including phenoxy) is 1. The fraction of sp³-hybridized carbons (Fsp3) is 0.448. The van der Waals surface area contributed by atoms with Crippen molar-refractivity contribution in [3.05, 3.63) is 65.4 Å². The Morgan fingerprint density at radius 1 is 0.842 bits per heavy atom. The molecule has 0 N–H and O–H groups in total. The summed E-state index contributed by atoms with van der Waals surface area (Å²) in [6.07, 6.45) is 1.31. The molecule has 0 radical (unpaired) electrons. The molecule has 5 rings (SSSR count). The fourth-order valence-electron chi connectivity index (χ4n) is 5.24. The minimum Gasteiger partial charge on any atom is -0.486 e. The molecule has 1 aromatic heterocycles. The highest BCUT2D eigenvalue weighted by molar-refractivity contribution is 5.72. The maximum atomic E-state index is 15.1. The molecule has 0 unspecified atom stereocenters. The van der Waals surface area contributed by atoms with Crippen molar-refractivity contribution in [2.45, 2.75) is 46.2 Å². The summed E-state index contributed by atoms with van der Waals surface area (Å²) in [5, 5.41) is 0. The lowest BCUT2D eigenvalue weighted by atomic mass is 10.1. The molecular weight excluding hydrogens is 491 g/mol. The summed E-state index contributed by atoms with van der Waals surface area (Å²) in [6.45, 7) is 12.7. The van der Waals surface area contributed by atoms with E-state index in [0.29, 0.717) is 47.5 Å². The molecule has 3 aromatic rings. The Kier molecular flexibility index (Phi) is 7.47. The number of halogens is 3. The fourth-order valence-corrected chi connectivity index (χ4v) is 5.24. The van der Waals surface area contributed by atoms with Gasteiger partial charge in [0.05, 0.1) is 24.1 Å². The van der Waals surface area contributed by atoms with Crippen LogP contribution in [0.25, 0.3) is 11.3 Å². The predicted molar refractivity (Wildman–Crippen MR) is 143 cm³/mol. The van der Waals surface area contributed by atoms with Crippen LogP contribution >= 0.6 is 0 Å². The average molecular weight is 526 g/mol. The van der Waals surface area contributed by atoms with E-state index in [4.69, 9.17) is 4.74 Å². The summed E-state index contributed by atoms with van der Waals surface area (Å²) in [5.74, 6) is -1.01. The number of piperazine rings is 1. The molecule has 2 aliphatic heterocycles. The van der Waals surface area contributed by atoms with Crippen molar-refractivity contribution in [1.29, 1.82) is 0 Å². The van der Waals surface area contributed by atoms with Gasteiger partial charge in [0.15, 0.2) is 17.4 Å². The highest BCUT2D eigenvalue weighted by Crippen LogP contribution is 2.39. The van der Waals surface area contributed by atoms with Crippen LogP contribution in [0.4, 0.5) is 24.5 Å². The monoisotopic (exact) mass is 525 g/mol. The number of hydrogen-bond acceptors (Lipinski definition) is 6. The molecule has 1 saturated heterocycles. The van der Waals surface area contributed by atoms with Crippen LogP contribution < -0.4 is 14.5 Å². The van der Waals surface area contributed by atoms with Gasteiger partial charge in [-0.15, -0.1) is 0 Å². The van der Waals surface area contributed by atoms with Crippen LogP contribution in [0.2, 0.25) is 0 Å². The molecule has 0 amide bonds. The largest absolute Gasteiger partial charge is 0.486 e. The van der Waals surface area contributed by atoms with Gasteiger partial charge in [-0.05, 0) is 57.5 Å². The van der Waals surface area contributed by atoms with Gasteiger partial charge < -0.3 is 14.5 Å². The Balaban J connectivity index is 1.38. The van der Waals surface area contributed by atoms with Crippen LogP contribution in [0.15, 0.2) is 36.5 Å². The number of aromatic nitrogens is 2. The van der Waals surface area contributed by atoms with E-state index in [2.05, 4.69) is 33.6 Å². The summed E-state index contributed by atoms with van der Waals surface area (Å²) in [4.78, 5) is 15.0. The van der Waals surface area contributed by atoms with Crippen LogP contribution in [0.5, 0.6) is 5.75 Å².